The van der Waals surface area contributed by atoms with Crippen LogP contribution in [0.1, 0.15) is 5.56 Å². The summed E-state index contributed by atoms with van der Waals surface area (Å²) in [6.45, 7) is -1.23. The molecular formula is C16H13F3N2O3. The molecule has 24 heavy (non-hydrogen) atoms. The van der Waals surface area contributed by atoms with Gasteiger partial charge in [-0.2, -0.15) is 13.2 Å². The van der Waals surface area contributed by atoms with Crippen molar-refractivity contribution in [3.05, 3.63) is 54.1 Å². The van der Waals surface area contributed by atoms with Gasteiger partial charge in [0.1, 0.15) is 6.54 Å². The molecule has 0 aliphatic heterocycles. The minimum Gasteiger partial charge on any atom is -0.476 e. The van der Waals surface area contributed by atoms with Crippen molar-refractivity contribution in [3.8, 4) is 11.1 Å². The smallest absolute Gasteiger partial charge is 0.405 e. The molecule has 5 nitrogen and oxygen atoms in total. The Morgan fingerprint density at radius 2 is 1.62 bits per heavy atom. The molecule has 0 unspecified atom stereocenters. The van der Waals surface area contributed by atoms with Crippen LogP contribution in [0.3, 0.4) is 0 Å². The van der Waals surface area contributed by atoms with Crippen molar-refractivity contribution in [2.24, 2.45) is 5.16 Å². The molecule has 0 saturated heterocycles. The number of hydrogen-bond acceptors (Lipinski definition) is 4. The molecule has 0 aromatic heterocycles. The Morgan fingerprint density at radius 1 is 1.04 bits per heavy atom. The zero-order chi connectivity index (χ0) is 17.7. The molecule has 0 radical (unpaired) electrons. The van der Waals surface area contributed by atoms with E-state index in [0.29, 0.717) is 11.1 Å². The molecule has 0 aliphatic rings. The fraction of sp³-hybridized carbons (Fsp3) is 0.125. The van der Waals surface area contributed by atoms with Gasteiger partial charge in [0.05, 0.1) is 0 Å². The molecule has 2 aromatic carbocycles. The number of carboxylic acid groups (broad SMARTS) is 1. The summed E-state index contributed by atoms with van der Waals surface area (Å²) < 4.78 is 37.4. The van der Waals surface area contributed by atoms with Gasteiger partial charge in [0.2, 0.25) is 0 Å². The lowest BCUT2D eigenvalue weighted by Crippen LogP contribution is -2.21. The number of nitrogens with zero attached hydrogens (tertiary/aromatic N) is 1. The Labute approximate surface area is 135 Å². The lowest BCUT2D eigenvalue weighted by molar-refractivity contribution is -0.129. The maximum atomic E-state index is 12.5. The standard InChI is InChI=1S/C16H13F3N2O3/c17-16(18,19)9-20-13-8-4-3-6-11(13)10-5-1-2-7-12(10)14(21-24)15(22)23/h1-8,20,24H,9H2,(H,22,23). The van der Waals surface area contributed by atoms with Crippen LogP contribution >= 0.6 is 0 Å². The average Bonchev–Trinajstić information content (AvgIpc) is 2.53. The largest absolute Gasteiger partial charge is 0.476 e. The van der Waals surface area contributed by atoms with Crippen LogP contribution in [0.25, 0.3) is 11.1 Å². The predicted molar refractivity (Wildman–Crippen MR) is 82.4 cm³/mol. The van der Waals surface area contributed by atoms with Crippen molar-refractivity contribution in [1.29, 1.82) is 0 Å². The number of nitrogens with one attached hydrogen (secondary N) is 1. The molecule has 0 saturated carbocycles. The number of alkyl halides is 3. The molecule has 3 N–H and O–H groups in total. The molecule has 0 fully saturated rings. The SMILES string of the molecule is O=C(O)C(=NO)c1ccccc1-c1ccccc1NCC(F)(F)F. The first-order chi connectivity index (χ1) is 11.3. The van der Waals surface area contributed by atoms with Crippen molar-refractivity contribution in [2.45, 2.75) is 6.18 Å². The number of halogens is 3. The number of carbonyl (C=O) groups is 1. The van der Waals surface area contributed by atoms with E-state index < -0.39 is 24.4 Å². The van der Waals surface area contributed by atoms with Crippen LogP contribution in [0.4, 0.5) is 18.9 Å². The summed E-state index contributed by atoms with van der Waals surface area (Å²) in [6, 6.07) is 12.3. The monoisotopic (exact) mass is 338 g/mol. The van der Waals surface area contributed by atoms with Gasteiger partial charge in [0.25, 0.3) is 0 Å². The first kappa shape index (κ1) is 17.3. The Bertz CT molecular complexity index is 773. The molecule has 8 heteroatoms. The normalized spacial score (nSPS) is 12.0. The van der Waals surface area contributed by atoms with Gasteiger partial charge in [-0.05, 0) is 11.6 Å². The van der Waals surface area contributed by atoms with Crippen LogP contribution in [0.5, 0.6) is 0 Å². The highest BCUT2D eigenvalue weighted by Crippen LogP contribution is 2.31. The third-order valence-corrected chi connectivity index (χ3v) is 3.18. The van der Waals surface area contributed by atoms with Crippen LogP contribution in [0, 0.1) is 0 Å². The van der Waals surface area contributed by atoms with Crippen molar-refractivity contribution in [1.82, 2.24) is 0 Å². The van der Waals surface area contributed by atoms with Gasteiger partial charge in [-0.25, -0.2) is 4.79 Å². The summed E-state index contributed by atoms with van der Waals surface area (Å²) in [4.78, 5) is 11.2. The highest BCUT2D eigenvalue weighted by atomic mass is 19.4. The van der Waals surface area contributed by atoms with E-state index in [0.717, 1.165) is 0 Å². The van der Waals surface area contributed by atoms with Gasteiger partial charge >= 0.3 is 12.1 Å². The Hall–Kier alpha value is -3.03. The van der Waals surface area contributed by atoms with Crippen LogP contribution in [-0.2, 0) is 4.79 Å². The molecule has 0 spiro atoms. The Kier molecular flexibility index (Phi) is 5.08. The molecule has 0 atom stereocenters. The summed E-state index contributed by atoms with van der Waals surface area (Å²) in [6.07, 6.45) is -4.40. The molecule has 2 rings (SSSR count). The second-order valence-electron chi connectivity index (χ2n) is 4.81. The first-order valence-corrected chi connectivity index (χ1v) is 6.78. The van der Waals surface area contributed by atoms with Crippen molar-refractivity contribution >= 4 is 17.4 Å². The maximum Gasteiger partial charge on any atom is 0.405 e. The van der Waals surface area contributed by atoms with Crippen LogP contribution < -0.4 is 5.32 Å². The minimum absolute atomic E-state index is 0.0914. The summed E-state index contributed by atoms with van der Waals surface area (Å²) in [5.74, 6) is -1.45. The summed E-state index contributed by atoms with van der Waals surface area (Å²) >= 11 is 0. The number of benzene rings is 2. The Morgan fingerprint density at radius 3 is 2.21 bits per heavy atom. The number of para-hydroxylation sites is 1. The fourth-order valence-corrected chi connectivity index (χ4v) is 2.20. The van der Waals surface area contributed by atoms with E-state index in [2.05, 4.69) is 10.5 Å². The van der Waals surface area contributed by atoms with E-state index >= 15 is 0 Å². The van der Waals surface area contributed by atoms with E-state index in [1.165, 1.54) is 18.2 Å². The number of aliphatic carboxylic acids is 1. The van der Waals surface area contributed by atoms with E-state index in [1.54, 1.807) is 30.3 Å². The van der Waals surface area contributed by atoms with Crippen molar-refractivity contribution in [3.63, 3.8) is 0 Å². The minimum atomic E-state index is -4.40. The third kappa shape index (κ3) is 4.03. The highest BCUT2D eigenvalue weighted by Gasteiger charge is 2.27. The van der Waals surface area contributed by atoms with Crippen LogP contribution in [0.15, 0.2) is 53.7 Å². The summed E-state index contributed by atoms with van der Waals surface area (Å²) in [7, 11) is 0. The van der Waals surface area contributed by atoms with Crippen LogP contribution in [-0.4, -0.2) is 34.7 Å². The van der Waals surface area contributed by atoms with Crippen LogP contribution in [0.2, 0.25) is 0 Å². The molecule has 0 bridgehead atoms. The number of anilines is 1. The van der Waals surface area contributed by atoms with E-state index in [1.807, 2.05) is 0 Å². The molecular weight excluding hydrogens is 325 g/mol. The second-order valence-corrected chi connectivity index (χ2v) is 4.81. The first-order valence-electron chi connectivity index (χ1n) is 6.78. The van der Waals surface area contributed by atoms with Gasteiger partial charge in [-0.3, -0.25) is 0 Å². The molecule has 2 aromatic rings. The van der Waals surface area contributed by atoms with Gasteiger partial charge in [-0.15, -0.1) is 0 Å². The van der Waals surface area contributed by atoms with Gasteiger partial charge in [0, 0.05) is 16.8 Å². The zero-order valence-corrected chi connectivity index (χ0v) is 12.2. The molecule has 126 valence electrons. The zero-order valence-electron chi connectivity index (χ0n) is 12.2. The maximum absolute atomic E-state index is 12.5. The number of carboxylic acids is 1. The second kappa shape index (κ2) is 7.03. The quantitative estimate of drug-likeness (QED) is 0.442. The van der Waals surface area contributed by atoms with E-state index in [4.69, 9.17) is 10.3 Å². The van der Waals surface area contributed by atoms with Gasteiger partial charge < -0.3 is 15.6 Å². The summed E-state index contributed by atoms with van der Waals surface area (Å²) in [5.41, 5.74) is 0.368. The van der Waals surface area contributed by atoms with Crippen molar-refractivity contribution < 1.29 is 28.3 Å². The lowest BCUT2D eigenvalue weighted by Gasteiger charge is -2.16. The van der Waals surface area contributed by atoms with Crippen molar-refractivity contribution in [2.75, 3.05) is 11.9 Å². The molecule has 0 aliphatic carbocycles. The molecule has 0 amide bonds. The average molecular weight is 338 g/mol. The summed E-state index contributed by atoms with van der Waals surface area (Å²) in [5, 5.41) is 23.1. The number of rotatable bonds is 5. The highest BCUT2D eigenvalue weighted by molar-refractivity contribution is 6.43. The third-order valence-electron chi connectivity index (χ3n) is 3.18. The molecule has 0 heterocycles. The predicted octanol–water partition coefficient (Wildman–Crippen LogP) is 3.59. The van der Waals surface area contributed by atoms with Gasteiger partial charge in [-0.1, -0.05) is 47.6 Å². The van der Waals surface area contributed by atoms with E-state index in [-0.39, 0.29) is 11.3 Å². The van der Waals surface area contributed by atoms with E-state index in [9.17, 15) is 18.0 Å². The fourth-order valence-electron chi connectivity index (χ4n) is 2.20. The topological polar surface area (TPSA) is 81.9 Å². The Balaban J connectivity index is 2.52. The number of oxime groups is 1. The van der Waals surface area contributed by atoms with Gasteiger partial charge in [0.15, 0.2) is 5.71 Å². The number of hydrogen-bond donors (Lipinski definition) is 3. The lowest BCUT2D eigenvalue weighted by atomic mass is 9.95.